The minimum Gasteiger partial charge on any atom is -0.497 e. The number of benzene rings is 2. The van der Waals surface area contributed by atoms with Gasteiger partial charge in [-0.3, -0.25) is 0 Å². The molecule has 0 spiro atoms. The summed E-state index contributed by atoms with van der Waals surface area (Å²) in [6.07, 6.45) is 2.55. The number of H-pyrrole nitrogens is 1. The van der Waals surface area contributed by atoms with Crippen molar-refractivity contribution in [2.45, 2.75) is 18.2 Å². The first-order valence-electron chi connectivity index (χ1n) is 8.09. The average Bonchev–Trinajstić information content (AvgIpc) is 3.02. The molecule has 3 aromatic rings. The van der Waals surface area contributed by atoms with Gasteiger partial charge in [-0.25, -0.2) is 12.7 Å². The molecular weight excluding hydrogens is 336 g/mol. The Morgan fingerprint density at radius 2 is 1.84 bits per heavy atom. The van der Waals surface area contributed by atoms with Crippen LogP contribution >= 0.6 is 0 Å². The van der Waals surface area contributed by atoms with Gasteiger partial charge < -0.3 is 9.72 Å². The van der Waals surface area contributed by atoms with Gasteiger partial charge in [-0.15, -0.1) is 0 Å². The summed E-state index contributed by atoms with van der Waals surface area (Å²) in [6.45, 7) is 2.34. The molecule has 0 saturated heterocycles. The van der Waals surface area contributed by atoms with E-state index in [4.69, 9.17) is 4.74 Å². The van der Waals surface area contributed by atoms with Crippen molar-refractivity contribution >= 4 is 20.9 Å². The number of likely N-dealkylation sites (N-methyl/N-ethyl adjacent to an activating group) is 1. The number of aromatic nitrogens is 1. The first-order chi connectivity index (χ1) is 11.9. The van der Waals surface area contributed by atoms with Crippen LogP contribution in [0.25, 0.3) is 10.9 Å². The summed E-state index contributed by atoms with van der Waals surface area (Å²) in [5.41, 5.74) is 3.12. The summed E-state index contributed by atoms with van der Waals surface area (Å²) < 4.78 is 32.0. The fourth-order valence-electron chi connectivity index (χ4n) is 2.78. The Balaban J connectivity index is 1.78. The Hall–Kier alpha value is -2.31. The second-order valence-corrected chi connectivity index (χ2v) is 8.16. The number of sulfonamides is 1. The fourth-order valence-corrected chi connectivity index (χ4v) is 3.95. The molecule has 0 aliphatic heterocycles. The number of hydrogen-bond acceptors (Lipinski definition) is 3. The average molecular weight is 358 g/mol. The molecule has 3 rings (SSSR count). The van der Waals surface area contributed by atoms with Crippen molar-refractivity contribution in [3.05, 3.63) is 59.8 Å². The summed E-state index contributed by atoms with van der Waals surface area (Å²) in [6, 6.07) is 12.8. The Morgan fingerprint density at radius 3 is 2.52 bits per heavy atom. The van der Waals surface area contributed by atoms with Crippen molar-refractivity contribution in [1.29, 1.82) is 0 Å². The Bertz CT molecular complexity index is 976. The number of ether oxygens (including phenoxy) is 1. The molecule has 0 bridgehead atoms. The molecule has 25 heavy (non-hydrogen) atoms. The second-order valence-electron chi connectivity index (χ2n) is 6.12. The highest BCUT2D eigenvalue weighted by Gasteiger charge is 2.20. The SMILES string of the molecule is COc1ccc2[nH]cc(CCN(C)S(=O)(=O)c3ccc(C)cc3)c2c1. The Kier molecular flexibility index (Phi) is 4.83. The van der Waals surface area contributed by atoms with Crippen LogP contribution in [0.3, 0.4) is 0 Å². The number of nitrogens with one attached hydrogen (secondary N) is 1. The molecule has 0 atom stereocenters. The van der Waals surface area contributed by atoms with Crippen molar-refractivity contribution in [2.24, 2.45) is 0 Å². The van der Waals surface area contributed by atoms with E-state index in [0.717, 1.165) is 27.8 Å². The van der Waals surface area contributed by atoms with Crippen molar-refractivity contribution < 1.29 is 13.2 Å². The number of aryl methyl sites for hydroxylation is 1. The van der Waals surface area contributed by atoms with Gasteiger partial charge >= 0.3 is 0 Å². The molecule has 2 aromatic carbocycles. The molecule has 5 nitrogen and oxygen atoms in total. The molecular formula is C19H22N2O3S. The first-order valence-corrected chi connectivity index (χ1v) is 9.53. The van der Waals surface area contributed by atoms with Crippen molar-refractivity contribution in [1.82, 2.24) is 9.29 Å². The van der Waals surface area contributed by atoms with Gasteiger partial charge in [-0.2, -0.15) is 0 Å². The zero-order valence-electron chi connectivity index (χ0n) is 14.6. The smallest absolute Gasteiger partial charge is 0.242 e. The van der Waals surface area contributed by atoms with Crippen molar-refractivity contribution in [2.75, 3.05) is 20.7 Å². The van der Waals surface area contributed by atoms with Gasteiger partial charge in [0.05, 0.1) is 12.0 Å². The van der Waals surface area contributed by atoms with Gasteiger partial charge in [0.15, 0.2) is 0 Å². The van der Waals surface area contributed by atoms with E-state index in [9.17, 15) is 8.42 Å². The largest absolute Gasteiger partial charge is 0.497 e. The predicted octanol–water partition coefficient (Wildman–Crippen LogP) is 3.35. The lowest BCUT2D eigenvalue weighted by Crippen LogP contribution is -2.29. The second kappa shape index (κ2) is 6.90. The molecule has 6 heteroatoms. The van der Waals surface area contributed by atoms with Gasteiger partial charge in [-0.05, 0) is 49.2 Å². The lowest BCUT2D eigenvalue weighted by atomic mass is 10.1. The van der Waals surface area contributed by atoms with E-state index >= 15 is 0 Å². The normalized spacial score (nSPS) is 12.0. The topological polar surface area (TPSA) is 62.4 Å². The van der Waals surface area contributed by atoms with Crippen LogP contribution in [-0.2, 0) is 16.4 Å². The highest BCUT2D eigenvalue weighted by molar-refractivity contribution is 7.89. The fraction of sp³-hybridized carbons (Fsp3) is 0.263. The van der Waals surface area contributed by atoms with E-state index < -0.39 is 10.0 Å². The third-order valence-corrected chi connectivity index (χ3v) is 6.27. The van der Waals surface area contributed by atoms with Crippen molar-refractivity contribution in [3.8, 4) is 5.75 Å². The number of nitrogens with zero attached hydrogens (tertiary/aromatic N) is 1. The number of hydrogen-bond donors (Lipinski definition) is 1. The van der Waals surface area contributed by atoms with Crippen LogP contribution in [0.5, 0.6) is 5.75 Å². The maximum absolute atomic E-state index is 12.7. The number of aromatic amines is 1. The third-order valence-electron chi connectivity index (χ3n) is 4.40. The van der Waals surface area contributed by atoms with Crippen LogP contribution in [0.4, 0.5) is 0 Å². The lowest BCUT2D eigenvalue weighted by molar-refractivity contribution is 0.415. The molecule has 1 N–H and O–H groups in total. The highest BCUT2D eigenvalue weighted by atomic mass is 32.2. The summed E-state index contributed by atoms with van der Waals surface area (Å²) in [5.74, 6) is 0.786. The molecule has 0 fully saturated rings. The van der Waals surface area contributed by atoms with E-state index in [1.54, 1.807) is 26.3 Å². The van der Waals surface area contributed by atoms with Gasteiger partial charge in [0.2, 0.25) is 10.0 Å². The summed E-state index contributed by atoms with van der Waals surface area (Å²) in [4.78, 5) is 3.54. The van der Waals surface area contributed by atoms with E-state index in [1.165, 1.54) is 4.31 Å². The quantitative estimate of drug-likeness (QED) is 0.735. The van der Waals surface area contributed by atoms with Crippen LogP contribution in [0, 0.1) is 6.92 Å². The summed E-state index contributed by atoms with van der Waals surface area (Å²) >= 11 is 0. The molecule has 132 valence electrons. The molecule has 0 aliphatic rings. The zero-order chi connectivity index (χ0) is 18.0. The minimum absolute atomic E-state index is 0.321. The molecule has 0 amide bonds. The number of fused-ring (bicyclic) bond motifs is 1. The Morgan fingerprint density at radius 1 is 1.12 bits per heavy atom. The standard InChI is InChI=1S/C19H22N2O3S/c1-14-4-7-17(8-5-14)25(22,23)21(2)11-10-15-13-20-19-9-6-16(24-3)12-18(15)19/h4-9,12-13,20H,10-11H2,1-3H3. The monoisotopic (exact) mass is 358 g/mol. The lowest BCUT2D eigenvalue weighted by Gasteiger charge is -2.17. The predicted molar refractivity (Wildman–Crippen MR) is 99.5 cm³/mol. The maximum atomic E-state index is 12.7. The van der Waals surface area contributed by atoms with Crippen LogP contribution in [0.1, 0.15) is 11.1 Å². The molecule has 1 heterocycles. The number of methoxy groups -OCH3 is 1. The maximum Gasteiger partial charge on any atom is 0.242 e. The van der Waals surface area contributed by atoms with Gasteiger partial charge in [0.25, 0.3) is 0 Å². The number of rotatable bonds is 6. The van der Waals surface area contributed by atoms with Crippen molar-refractivity contribution in [3.63, 3.8) is 0 Å². The molecule has 0 aliphatic carbocycles. The van der Waals surface area contributed by atoms with E-state index in [0.29, 0.717) is 17.9 Å². The Labute approximate surface area is 148 Å². The van der Waals surface area contributed by atoms with Gasteiger partial charge in [0.1, 0.15) is 5.75 Å². The first kappa shape index (κ1) is 17.5. The molecule has 1 aromatic heterocycles. The summed E-state index contributed by atoms with van der Waals surface area (Å²) in [5, 5.41) is 1.06. The minimum atomic E-state index is -3.48. The van der Waals surface area contributed by atoms with Crippen LogP contribution < -0.4 is 4.74 Å². The summed E-state index contributed by atoms with van der Waals surface area (Å²) in [7, 11) is -0.227. The van der Waals surface area contributed by atoms with Gasteiger partial charge in [0, 0.05) is 30.7 Å². The molecule has 0 radical (unpaired) electrons. The van der Waals surface area contributed by atoms with Crippen LogP contribution in [0.2, 0.25) is 0 Å². The zero-order valence-corrected chi connectivity index (χ0v) is 15.4. The molecule has 0 unspecified atom stereocenters. The van der Waals surface area contributed by atoms with E-state index in [-0.39, 0.29) is 0 Å². The highest BCUT2D eigenvalue weighted by Crippen LogP contribution is 2.24. The third kappa shape index (κ3) is 3.55. The molecule has 0 saturated carbocycles. The van der Waals surface area contributed by atoms with Crippen LogP contribution in [0.15, 0.2) is 53.6 Å². The van der Waals surface area contributed by atoms with Crippen LogP contribution in [-0.4, -0.2) is 38.4 Å². The van der Waals surface area contributed by atoms with E-state index in [1.807, 2.05) is 43.5 Å². The van der Waals surface area contributed by atoms with E-state index in [2.05, 4.69) is 4.98 Å². The van der Waals surface area contributed by atoms with Gasteiger partial charge in [-0.1, -0.05) is 17.7 Å².